The van der Waals surface area contributed by atoms with Gasteiger partial charge < -0.3 is 37.6 Å². The second-order valence-electron chi connectivity index (χ2n) is 6.82. The number of carbonyl (C=O) groups excluding carboxylic acids is 4. The molecule has 5 unspecified atom stereocenters. The summed E-state index contributed by atoms with van der Waals surface area (Å²) in [5.74, 6) is -5.28. The number of carbonyl (C=O) groups is 5. The summed E-state index contributed by atoms with van der Waals surface area (Å²) in [6, 6.07) is -5.21. The van der Waals surface area contributed by atoms with Crippen molar-refractivity contribution >= 4 is 42.2 Å². The lowest BCUT2D eigenvalue weighted by Gasteiger charge is -2.27. The van der Waals surface area contributed by atoms with Crippen molar-refractivity contribution in [1.82, 2.24) is 16.0 Å². The Morgan fingerprint density at radius 1 is 0.931 bits per heavy atom. The van der Waals surface area contributed by atoms with Gasteiger partial charge in [0.1, 0.15) is 18.1 Å². The topological polar surface area (TPSA) is 214 Å². The number of carboxylic acid groups (broad SMARTS) is 1. The van der Waals surface area contributed by atoms with Crippen LogP contribution in [0.15, 0.2) is 0 Å². The number of aliphatic hydroxyl groups is 1. The molecule has 0 aromatic heterocycles. The van der Waals surface area contributed by atoms with Gasteiger partial charge in [-0.25, -0.2) is 4.79 Å². The summed E-state index contributed by atoms with van der Waals surface area (Å²) in [7, 11) is 0. The van der Waals surface area contributed by atoms with Crippen molar-refractivity contribution < 1.29 is 34.2 Å². The number of aliphatic hydroxyl groups excluding tert-OH is 1. The highest BCUT2D eigenvalue weighted by molar-refractivity contribution is 7.80. The largest absolute Gasteiger partial charge is 0.480 e. The van der Waals surface area contributed by atoms with E-state index in [1.165, 1.54) is 6.92 Å². The minimum Gasteiger partial charge on any atom is -0.480 e. The number of rotatable bonds is 12. The molecule has 5 atom stereocenters. The standard InChI is InChI=1S/C16H29N5O7S/c1-6(2)11(20-13(24)8(17)5-29)14(25)21-12(7(3)22)15(26)19-9(16(27)28)4-10(18)23/h6-9,11-12,22,29H,4-5,17H2,1-3H3,(H2,18,23)(H,19,26)(H,20,24)(H,21,25)(H,27,28). The molecule has 0 aliphatic heterocycles. The molecule has 29 heavy (non-hydrogen) atoms. The molecule has 0 saturated carbocycles. The van der Waals surface area contributed by atoms with Crippen LogP contribution in [0.4, 0.5) is 0 Å². The minimum atomic E-state index is -1.63. The molecule has 0 rings (SSSR count). The quantitative estimate of drug-likeness (QED) is 0.145. The fraction of sp³-hybridized carbons (Fsp3) is 0.688. The third-order valence-corrected chi connectivity index (χ3v) is 4.26. The van der Waals surface area contributed by atoms with Gasteiger partial charge in [-0.1, -0.05) is 13.8 Å². The molecular weight excluding hydrogens is 406 g/mol. The van der Waals surface area contributed by atoms with Gasteiger partial charge in [0.25, 0.3) is 0 Å². The summed E-state index contributed by atoms with van der Waals surface area (Å²) in [5.41, 5.74) is 10.5. The second kappa shape index (κ2) is 12.2. The molecule has 0 aliphatic carbocycles. The molecular formula is C16H29N5O7S. The van der Waals surface area contributed by atoms with Crippen molar-refractivity contribution in [2.45, 2.75) is 57.5 Å². The maximum atomic E-state index is 12.6. The molecule has 0 fully saturated rings. The van der Waals surface area contributed by atoms with Crippen molar-refractivity contribution in [2.75, 3.05) is 5.75 Å². The van der Waals surface area contributed by atoms with Crippen LogP contribution >= 0.6 is 12.6 Å². The lowest BCUT2D eigenvalue weighted by atomic mass is 10.0. The van der Waals surface area contributed by atoms with Crippen molar-refractivity contribution in [3.05, 3.63) is 0 Å². The van der Waals surface area contributed by atoms with Gasteiger partial charge in [-0.3, -0.25) is 19.2 Å². The van der Waals surface area contributed by atoms with Crippen LogP contribution in [0.25, 0.3) is 0 Å². The van der Waals surface area contributed by atoms with Crippen LogP contribution in [0.3, 0.4) is 0 Å². The van der Waals surface area contributed by atoms with Gasteiger partial charge in [0, 0.05) is 5.75 Å². The van der Waals surface area contributed by atoms with Gasteiger partial charge in [0.15, 0.2) is 0 Å². The number of amides is 4. The smallest absolute Gasteiger partial charge is 0.326 e. The first-order valence-corrected chi connectivity index (χ1v) is 9.41. The number of nitrogens with two attached hydrogens (primary N) is 2. The molecule has 166 valence electrons. The molecule has 13 heteroatoms. The third kappa shape index (κ3) is 9.11. The molecule has 0 bridgehead atoms. The van der Waals surface area contributed by atoms with Crippen LogP contribution in [0.2, 0.25) is 0 Å². The minimum absolute atomic E-state index is 0.0490. The highest BCUT2D eigenvalue weighted by Gasteiger charge is 2.34. The van der Waals surface area contributed by atoms with Crippen LogP contribution in [0.5, 0.6) is 0 Å². The first kappa shape index (κ1) is 26.6. The summed E-state index contributed by atoms with van der Waals surface area (Å²) in [4.78, 5) is 59.0. The van der Waals surface area contributed by atoms with E-state index in [9.17, 15) is 29.1 Å². The Labute approximate surface area is 173 Å². The van der Waals surface area contributed by atoms with Crippen molar-refractivity contribution in [3.63, 3.8) is 0 Å². The zero-order valence-electron chi connectivity index (χ0n) is 16.4. The molecule has 0 heterocycles. The summed E-state index contributed by atoms with van der Waals surface area (Å²) in [5, 5.41) is 25.7. The summed E-state index contributed by atoms with van der Waals surface area (Å²) in [6.07, 6.45) is -2.08. The monoisotopic (exact) mass is 435 g/mol. The number of hydrogen-bond donors (Lipinski definition) is 8. The number of nitrogens with one attached hydrogen (secondary N) is 3. The summed E-state index contributed by atoms with van der Waals surface area (Å²) < 4.78 is 0. The zero-order valence-corrected chi connectivity index (χ0v) is 17.3. The lowest BCUT2D eigenvalue weighted by molar-refractivity contribution is -0.144. The van der Waals surface area contributed by atoms with Gasteiger partial charge >= 0.3 is 5.97 Å². The van der Waals surface area contributed by atoms with Crippen LogP contribution in [0.1, 0.15) is 27.2 Å². The Balaban J connectivity index is 5.34. The summed E-state index contributed by atoms with van der Waals surface area (Å²) in [6.45, 7) is 4.48. The van der Waals surface area contributed by atoms with Crippen LogP contribution in [-0.4, -0.2) is 75.8 Å². The highest BCUT2D eigenvalue weighted by Crippen LogP contribution is 2.05. The van der Waals surface area contributed by atoms with E-state index in [0.29, 0.717) is 0 Å². The average Bonchev–Trinajstić information content (AvgIpc) is 2.61. The fourth-order valence-corrected chi connectivity index (χ4v) is 2.36. The third-order valence-electron chi connectivity index (χ3n) is 3.86. The second-order valence-corrected chi connectivity index (χ2v) is 7.18. The maximum absolute atomic E-state index is 12.6. The van der Waals surface area contributed by atoms with Gasteiger partial charge in [0.05, 0.1) is 18.6 Å². The van der Waals surface area contributed by atoms with Crippen molar-refractivity contribution in [3.8, 4) is 0 Å². The van der Waals surface area contributed by atoms with E-state index in [4.69, 9.17) is 16.6 Å². The first-order chi connectivity index (χ1) is 13.3. The van der Waals surface area contributed by atoms with Crippen LogP contribution in [-0.2, 0) is 24.0 Å². The maximum Gasteiger partial charge on any atom is 0.326 e. The van der Waals surface area contributed by atoms with E-state index in [1.807, 2.05) is 5.32 Å². The van der Waals surface area contributed by atoms with Crippen molar-refractivity contribution in [1.29, 1.82) is 0 Å². The number of carboxylic acids is 1. The van der Waals surface area contributed by atoms with Crippen LogP contribution < -0.4 is 27.4 Å². The molecule has 12 nitrogen and oxygen atoms in total. The average molecular weight is 436 g/mol. The number of primary amides is 1. The number of hydrogen-bond acceptors (Lipinski definition) is 8. The number of thiol groups is 1. The first-order valence-electron chi connectivity index (χ1n) is 8.78. The molecule has 0 aromatic carbocycles. The Hall–Kier alpha value is -2.38. The molecule has 0 aliphatic rings. The van der Waals surface area contributed by atoms with Gasteiger partial charge in [-0.2, -0.15) is 12.6 Å². The Bertz CT molecular complexity index is 629. The molecule has 9 N–H and O–H groups in total. The Kier molecular flexibility index (Phi) is 11.2. The van der Waals surface area contributed by atoms with E-state index in [0.717, 1.165) is 0 Å². The van der Waals surface area contributed by atoms with Crippen molar-refractivity contribution in [2.24, 2.45) is 17.4 Å². The van der Waals surface area contributed by atoms with Gasteiger partial charge in [-0.15, -0.1) is 0 Å². The van der Waals surface area contributed by atoms with E-state index in [2.05, 4.69) is 23.3 Å². The van der Waals surface area contributed by atoms with E-state index in [1.54, 1.807) is 13.8 Å². The molecule has 0 aromatic rings. The van der Waals surface area contributed by atoms with Gasteiger partial charge in [0.2, 0.25) is 23.6 Å². The number of aliphatic carboxylic acids is 1. The van der Waals surface area contributed by atoms with Crippen LogP contribution in [0, 0.1) is 5.92 Å². The normalized spacial score (nSPS) is 16.1. The molecule has 0 radical (unpaired) electrons. The predicted octanol–water partition coefficient (Wildman–Crippen LogP) is -3.31. The highest BCUT2D eigenvalue weighted by atomic mass is 32.1. The molecule has 0 spiro atoms. The molecule has 0 saturated heterocycles. The Morgan fingerprint density at radius 2 is 1.41 bits per heavy atom. The fourth-order valence-electron chi connectivity index (χ4n) is 2.19. The van der Waals surface area contributed by atoms with E-state index >= 15 is 0 Å². The molecule has 4 amide bonds. The van der Waals surface area contributed by atoms with E-state index in [-0.39, 0.29) is 5.75 Å². The predicted molar refractivity (Wildman–Crippen MR) is 106 cm³/mol. The summed E-state index contributed by atoms with van der Waals surface area (Å²) >= 11 is 3.91. The van der Waals surface area contributed by atoms with Gasteiger partial charge in [-0.05, 0) is 12.8 Å². The van der Waals surface area contributed by atoms with E-state index < -0.39 is 72.2 Å². The zero-order chi connectivity index (χ0) is 22.9. The Morgan fingerprint density at radius 3 is 1.79 bits per heavy atom. The SMILES string of the molecule is CC(C)C(NC(=O)C(N)CS)C(=O)NC(C(=O)NC(CC(N)=O)C(=O)O)C(C)O. The lowest BCUT2D eigenvalue weighted by Crippen LogP contribution is -2.61.